The lowest BCUT2D eigenvalue weighted by Crippen LogP contribution is -2.52. The van der Waals surface area contributed by atoms with Crippen LogP contribution >= 0.6 is 0 Å². The number of carbonyl (C=O) groups is 2. The summed E-state index contributed by atoms with van der Waals surface area (Å²) in [6.45, 7) is 7.48. The number of benzene rings is 1. The number of pyridine rings is 1. The van der Waals surface area contributed by atoms with Crippen LogP contribution in [0.2, 0.25) is 0 Å². The van der Waals surface area contributed by atoms with Crippen molar-refractivity contribution in [2.24, 2.45) is 16.7 Å². The third-order valence-corrected chi connectivity index (χ3v) is 8.17. The van der Waals surface area contributed by atoms with E-state index in [-0.39, 0.29) is 35.5 Å². The quantitative estimate of drug-likeness (QED) is 0.322. The predicted molar refractivity (Wildman–Crippen MR) is 118 cm³/mol. The maximum absolute atomic E-state index is 13.7. The average molecular weight is 513 g/mol. The van der Waals surface area contributed by atoms with E-state index < -0.39 is 46.1 Å². The standard InChI is InChI=1S/C26H25F6NO3/c1-5-13-6-7-15(36-22-18(26(30,31)32)10-14(12-33-22)25(27,28)29)11-16(13)19-20(34)17-8-9-24(4,21(19)35)23(17,2)3/h6-7,10-12,17,19H,5,8-9H2,1-4H3/t17-,19?,24+/m0/s1. The van der Waals surface area contributed by atoms with Gasteiger partial charge < -0.3 is 4.74 Å². The second-order valence-corrected chi connectivity index (χ2v) is 10.2. The minimum atomic E-state index is -5.16. The number of aryl methyl sites for hydroxylation is 1. The van der Waals surface area contributed by atoms with E-state index in [0.29, 0.717) is 30.4 Å². The van der Waals surface area contributed by atoms with Crippen molar-refractivity contribution in [3.63, 3.8) is 0 Å². The van der Waals surface area contributed by atoms with E-state index in [4.69, 9.17) is 4.74 Å². The number of hydrogen-bond acceptors (Lipinski definition) is 4. The number of Topliss-reactive ketones (excluding diaryl/α,β-unsaturated/α-hetero) is 2. The molecule has 10 heteroatoms. The van der Waals surface area contributed by atoms with Crippen LogP contribution in [0.25, 0.3) is 0 Å². The van der Waals surface area contributed by atoms with Crippen molar-refractivity contribution >= 4 is 11.6 Å². The van der Waals surface area contributed by atoms with Crippen LogP contribution < -0.4 is 4.74 Å². The minimum Gasteiger partial charge on any atom is -0.438 e. The van der Waals surface area contributed by atoms with Gasteiger partial charge in [0.25, 0.3) is 0 Å². The zero-order valence-corrected chi connectivity index (χ0v) is 20.1. The topological polar surface area (TPSA) is 56.3 Å². The summed E-state index contributed by atoms with van der Waals surface area (Å²) in [5.41, 5.74) is -3.50. The number of alkyl halides is 6. The molecule has 36 heavy (non-hydrogen) atoms. The number of hydrogen-bond donors (Lipinski definition) is 0. The fourth-order valence-corrected chi connectivity index (χ4v) is 5.61. The molecular formula is C26H25F6NO3. The largest absolute Gasteiger partial charge is 0.438 e. The molecule has 2 aliphatic carbocycles. The Kier molecular flexibility index (Phi) is 6.04. The highest BCUT2D eigenvalue weighted by molar-refractivity contribution is 6.14. The van der Waals surface area contributed by atoms with Crippen molar-refractivity contribution in [1.29, 1.82) is 0 Å². The van der Waals surface area contributed by atoms with Crippen molar-refractivity contribution < 1.29 is 40.7 Å². The van der Waals surface area contributed by atoms with Gasteiger partial charge in [0.05, 0.1) is 5.56 Å². The van der Waals surface area contributed by atoms with E-state index in [1.807, 2.05) is 27.7 Å². The van der Waals surface area contributed by atoms with E-state index in [1.165, 1.54) is 12.1 Å². The molecule has 194 valence electrons. The molecule has 2 bridgehead atoms. The summed E-state index contributed by atoms with van der Waals surface area (Å²) in [5, 5.41) is 0. The summed E-state index contributed by atoms with van der Waals surface area (Å²) in [7, 11) is 0. The number of carbonyl (C=O) groups excluding carboxylic acids is 2. The van der Waals surface area contributed by atoms with Gasteiger partial charge in [-0.1, -0.05) is 33.8 Å². The van der Waals surface area contributed by atoms with Crippen LogP contribution in [0.3, 0.4) is 0 Å². The molecule has 0 radical (unpaired) electrons. The maximum Gasteiger partial charge on any atom is 0.421 e. The molecule has 1 unspecified atom stereocenters. The lowest BCUT2D eigenvalue weighted by atomic mass is 9.54. The van der Waals surface area contributed by atoms with Crippen LogP contribution in [0.5, 0.6) is 11.6 Å². The van der Waals surface area contributed by atoms with Gasteiger partial charge in [-0.2, -0.15) is 26.3 Å². The molecule has 0 aliphatic heterocycles. The Morgan fingerprint density at radius 1 is 1.03 bits per heavy atom. The molecule has 2 aliphatic rings. The van der Waals surface area contributed by atoms with Gasteiger partial charge in [0, 0.05) is 17.5 Å². The van der Waals surface area contributed by atoms with Gasteiger partial charge in [-0.15, -0.1) is 0 Å². The van der Waals surface area contributed by atoms with Gasteiger partial charge in [-0.3, -0.25) is 9.59 Å². The van der Waals surface area contributed by atoms with Gasteiger partial charge in [0.15, 0.2) is 11.6 Å². The van der Waals surface area contributed by atoms with Crippen LogP contribution in [-0.2, 0) is 28.4 Å². The lowest BCUT2D eigenvalue weighted by Gasteiger charge is -2.46. The average Bonchev–Trinajstić information content (AvgIpc) is 2.95. The smallest absolute Gasteiger partial charge is 0.421 e. The minimum absolute atomic E-state index is 0.0571. The van der Waals surface area contributed by atoms with E-state index >= 15 is 0 Å². The zero-order chi connectivity index (χ0) is 26.8. The lowest BCUT2D eigenvalue weighted by molar-refractivity contribution is -0.149. The van der Waals surface area contributed by atoms with E-state index in [2.05, 4.69) is 4.98 Å². The molecule has 2 saturated carbocycles. The van der Waals surface area contributed by atoms with Crippen molar-refractivity contribution in [3.05, 3.63) is 52.7 Å². The summed E-state index contributed by atoms with van der Waals surface area (Å²) in [6.07, 6.45) is -8.33. The number of aromatic nitrogens is 1. The second-order valence-electron chi connectivity index (χ2n) is 10.2. The first-order chi connectivity index (χ1) is 16.5. The molecule has 1 aromatic heterocycles. The Balaban J connectivity index is 1.77. The molecular weight excluding hydrogens is 488 g/mol. The number of nitrogens with zero attached hydrogens (tertiary/aromatic N) is 1. The molecule has 1 aromatic carbocycles. The number of ether oxygens (including phenoxy) is 1. The Labute approximate surface area is 204 Å². The molecule has 1 heterocycles. The van der Waals surface area contributed by atoms with Crippen molar-refractivity contribution in [2.45, 2.75) is 65.2 Å². The number of halogens is 6. The van der Waals surface area contributed by atoms with Crippen molar-refractivity contribution in [3.8, 4) is 11.6 Å². The fourth-order valence-electron chi connectivity index (χ4n) is 5.61. The van der Waals surface area contributed by atoms with E-state index in [9.17, 15) is 35.9 Å². The van der Waals surface area contributed by atoms with Crippen LogP contribution in [0, 0.1) is 16.7 Å². The van der Waals surface area contributed by atoms with Gasteiger partial charge in [-0.05, 0) is 54.0 Å². The highest BCUT2D eigenvalue weighted by atomic mass is 19.4. The predicted octanol–water partition coefficient (Wildman–Crippen LogP) is 7.15. The normalized spacial score (nSPS) is 25.8. The van der Waals surface area contributed by atoms with Crippen molar-refractivity contribution in [2.75, 3.05) is 0 Å². The molecule has 0 spiro atoms. The van der Waals surface area contributed by atoms with Crippen LogP contribution in [0.4, 0.5) is 26.3 Å². The molecule has 0 amide bonds. The summed E-state index contributed by atoms with van der Waals surface area (Å²) in [6, 6.07) is 4.17. The first-order valence-corrected chi connectivity index (χ1v) is 11.6. The Morgan fingerprint density at radius 3 is 2.28 bits per heavy atom. The van der Waals surface area contributed by atoms with Gasteiger partial charge in [0.2, 0.25) is 5.88 Å². The monoisotopic (exact) mass is 513 g/mol. The van der Waals surface area contributed by atoms with Gasteiger partial charge in [0.1, 0.15) is 17.2 Å². The second kappa shape index (κ2) is 8.31. The first kappa shape index (κ1) is 26.2. The number of fused-ring (bicyclic) bond motifs is 2. The van der Waals surface area contributed by atoms with Crippen LogP contribution in [-0.4, -0.2) is 16.6 Å². The molecule has 0 saturated heterocycles. The highest BCUT2D eigenvalue weighted by Crippen LogP contribution is 2.63. The van der Waals surface area contributed by atoms with Crippen LogP contribution in [0.1, 0.15) is 68.7 Å². The molecule has 2 aromatic rings. The molecule has 2 fully saturated rings. The van der Waals surface area contributed by atoms with E-state index in [1.54, 1.807) is 6.07 Å². The fraction of sp³-hybridized carbons (Fsp3) is 0.500. The van der Waals surface area contributed by atoms with Crippen molar-refractivity contribution in [1.82, 2.24) is 4.98 Å². The molecule has 3 atom stereocenters. The summed E-state index contributed by atoms with van der Waals surface area (Å²) in [5.74, 6) is -3.11. The van der Waals surface area contributed by atoms with Crippen LogP contribution in [0.15, 0.2) is 30.5 Å². The third-order valence-electron chi connectivity index (χ3n) is 8.17. The summed E-state index contributed by atoms with van der Waals surface area (Å²) >= 11 is 0. The number of ketones is 2. The van der Waals surface area contributed by atoms with E-state index in [0.717, 1.165) is 0 Å². The Bertz CT molecular complexity index is 1230. The van der Waals surface area contributed by atoms with Gasteiger partial charge >= 0.3 is 12.4 Å². The molecule has 4 rings (SSSR count). The highest BCUT2D eigenvalue weighted by Gasteiger charge is 2.65. The summed E-state index contributed by atoms with van der Waals surface area (Å²) < 4.78 is 84.9. The first-order valence-electron chi connectivity index (χ1n) is 11.6. The van der Waals surface area contributed by atoms with Gasteiger partial charge in [-0.25, -0.2) is 4.98 Å². The summed E-state index contributed by atoms with van der Waals surface area (Å²) in [4.78, 5) is 30.4. The Morgan fingerprint density at radius 2 is 1.69 bits per heavy atom. The maximum atomic E-state index is 13.7. The molecule has 4 nitrogen and oxygen atoms in total. The third kappa shape index (κ3) is 3.98. The molecule has 0 N–H and O–H groups in total. The number of rotatable bonds is 4. The Hall–Kier alpha value is -2.91. The SMILES string of the molecule is CCc1ccc(Oc2ncc(C(F)(F)F)cc2C(F)(F)F)cc1C1C(=O)[C@@H]2CC[C@](C)(C1=O)C2(C)C. The zero-order valence-electron chi connectivity index (χ0n) is 20.1.